The van der Waals surface area contributed by atoms with Gasteiger partial charge in [-0.25, -0.2) is 0 Å². The van der Waals surface area contributed by atoms with Gasteiger partial charge in [0.2, 0.25) is 5.91 Å². The lowest BCUT2D eigenvalue weighted by Gasteiger charge is -2.21. The molecule has 2 unspecified atom stereocenters. The Morgan fingerprint density at radius 1 is 1.10 bits per heavy atom. The topological polar surface area (TPSA) is 29.1 Å². The van der Waals surface area contributed by atoms with Gasteiger partial charge in [-0.2, -0.15) is 0 Å². The van der Waals surface area contributed by atoms with Gasteiger partial charge < -0.3 is 5.32 Å². The lowest BCUT2D eigenvalue weighted by Crippen LogP contribution is -2.35. The van der Waals surface area contributed by atoms with E-state index >= 15 is 0 Å². The molecule has 2 heteroatoms. The summed E-state index contributed by atoms with van der Waals surface area (Å²) in [5, 5.41) is 3.10. The Hall–Kier alpha value is -1.05. The van der Waals surface area contributed by atoms with E-state index in [0.29, 0.717) is 12.3 Å². The monoisotopic (exact) mass is 279 g/mol. The van der Waals surface area contributed by atoms with Crippen molar-refractivity contribution in [2.45, 2.75) is 78.7 Å². The average Bonchev–Trinajstić information content (AvgIpc) is 2.40. The summed E-state index contributed by atoms with van der Waals surface area (Å²) in [5.41, 5.74) is 2.11. The number of hydrogen-bond acceptors (Lipinski definition) is 1. The Labute approximate surface area is 125 Å². The molecule has 0 aromatic rings. The third-order valence-electron chi connectivity index (χ3n) is 3.87. The van der Waals surface area contributed by atoms with Crippen LogP contribution < -0.4 is 5.32 Å². The van der Waals surface area contributed by atoms with Gasteiger partial charge in [0.15, 0.2) is 0 Å². The molecule has 0 aliphatic heterocycles. The number of rotatable bonds is 11. The molecule has 0 aliphatic carbocycles. The molecule has 0 bridgehead atoms. The van der Waals surface area contributed by atoms with E-state index in [1.165, 1.54) is 0 Å². The summed E-state index contributed by atoms with van der Waals surface area (Å²) < 4.78 is 0. The molecule has 0 saturated heterocycles. The second kappa shape index (κ2) is 10.7. The molecule has 0 radical (unpaired) electrons. The van der Waals surface area contributed by atoms with Gasteiger partial charge >= 0.3 is 0 Å². The van der Waals surface area contributed by atoms with E-state index in [1.54, 1.807) is 0 Å². The molecule has 0 spiro atoms. The quantitative estimate of drug-likeness (QED) is 0.529. The highest BCUT2D eigenvalue weighted by atomic mass is 16.1. The Morgan fingerprint density at radius 3 is 2.20 bits per heavy atom. The van der Waals surface area contributed by atoms with Crippen LogP contribution in [0.1, 0.15) is 72.6 Å². The maximum atomic E-state index is 12.1. The van der Waals surface area contributed by atoms with E-state index in [9.17, 15) is 4.79 Å². The van der Waals surface area contributed by atoms with Crippen molar-refractivity contribution in [3.8, 4) is 0 Å². The van der Waals surface area contributed by atoms with Gasteiger partial charge in [0.05, 0.1) is 0 Å². The Bertz CT molecular complexity index is 319. The van der Waals surface area contributed by atoms with Gasteiger partial charge in [-0.05, 0) is 32.1 Å². The third kappa shape index (κ3) is 7.52. The summed E-state index contributed by atoms with van der Waals surface area (Å²) in [4.78, 5) is 12.1. The first kappa shape index (κ1) is 18.9. The van der Waals surface area contributed by atoms with Gasteiger partial charge in [-0.3, -0.25) is 4.79 Å². The van der Waals surface area contributed by atoms with Crippen molar-refractivity contribution in [3.63, 3.8) is 0 Å². The number of carbonyl (C=O) groups excluding carboxylic acids is 1. The summed E-state index contributed by atoms with van der Waals surface area (Å²) in [5.74, 6) is 0.568. The first-order valence-electron chi connectivity index (χ1n) is 8.08. The van der Waals surface area contributed by atoms with Crippen molar-refractivity contribution < 1.29 is 4.79 Å². The SMILES string of the molecule is C=C(CC(=O)NC(CCCC)C(=C)C)C(CC)CCC. The molecular formula is C18H33NO. The molecule has 0 aromatic heterocycles. The van der Waals surface area contributed by atoms with E-state index in [-0.39, 0.29) is 11.9 Å². The summed E-state index contributed by atoms with van der Waals surface area (Å²) in [6.07, 6.45) is 7.03. The fraction of sp³-hybridized carbons (Fsp3) is 0.722. The number of hydrogen-bond donors (Lipinski definition) is 1. The van der Waals surface area contributed by atoms with Gasteiger partial charge in [0.1, 0.15) is 0 Å². The zero-order valence-corrected chi connectivity index (χ0v) is 13.9. The van der Waals surface area contributed by atoms with E-state index in [4.69, 9.17) is 0 Å². The van der Waals surface area contributed by atoms with Crippen LogP contribution >= 0.6 is 0 Å². The Kier molecular flexibility index (Phi) is 10.1. The van der Waals surface area contributed by atoms with Crippen LogP contribution in [-0.4, -0.2) is 11.9 Å². The van der Waals surface area contributed by atoms with Crippen molar-refractivity contribution in [3.05, 3.63) is 24.3 Å². The van der Waals surface area contributed by atoms with Crippen LogP contribution in [0.15, 0.2) is 24.3 Å². The zero-order valence-electron chi connectivity index (χ0n) is 13.9. The molecule has 0 saturated carbocycles. The second-order valence-corrected chi connectivity index (χ2v) is 5.84. The van der Waals surface area contributed by atoms with Crippen molar-refractivity contribution in [1.29, 1.82) is 0 Å². The van der Waals surface area contributed by atoms with Crippen LogP contribution in [0.4, 0.5) is 0 Å². The fourth-order valence-corrected chi connectivity index (χ4v) is 2.49. The number of amides is 1. The van der Waals surface area contributed by atoms with Crippen molar-refractivity contribution in [2.24, 2.45) is 5.92 Å². The minimum Gasteiger partial charge on any atom is -0.349 e. The minimum atomic E-state index is 0.0913. The Balaban J connectivity index is 4.37. The minimum absolute atomic E-state index is 0.0913. The lowest BCUT2D eigenvalue weighted by atomic mass is 9.90. The number of nitrogens with one attached hydrogen (secondary N) is 1. The zero-order chi connectivity index (χ0) is 15.5. The van der Waals surface area contributed by atoms with Crippen LogP contribution in [0.5, 0.6) is 0 Å². The molecule has 1 amide bonds. The smallest absolute Gasteiger partial charge is 0.224 e. The molecule has 0 aliphatic rings. The number of unbranched alkanes of at least 4 members (excludes halogenated alkanes) is 1. The predicted molar refractivity (Wildman–Crippen MR) is 88.7 cm³/mol. The molecule has 0 aromatic carbocycles. The van der Waals surface area contributed by atoms with Crippen molar-refractivity contribution in [1.82, 2.24) is 5.32 Å². The second-order valence-electron chi connectivity index (χ2n) is 5.84. The van der Waals surface area contributed by atoms with Gasteiger partial charge in [0.25, 0.3) is 0 Å². The highest BCUT2D eigenvalue weighted by Gasteiger charge is 2.16. The Morgan fingerprint density at radius 2 is 1.75 bits per heavy atom. The highest BCUT2D eigenvalue weighted by Crippen LogP contribution is 2.22. The first-order chi connectivity index (χ1) is 9.46. The average molecular weight is 279 g/mol. The summed E-state index contributed by atoms with van der Waals surface area (Å²) in [6.45, 7) is 16.6. The van der Waals surface area contributed by atoms with E-state index in [2.05, 4.69) is 39.2 Å². The maximum Gasteiger partial charge on any atom is 0.224 e. The molecule has 1 N–H and O–H groups in total. The van der Waals surface area contributed by atoms with Crippen LogP contribution in [0.3, 0.4) is 0 Å². The van der Waals surface area contributed by atoms with Crippen molar-refractivity contribution in [2.75, 3.05) is 0 Å². The van der Waals surface area contributed by atoms with Crippen LogP contribution in [0, 0.1) is 5.92 Å². The fourth-order valence-electron chi connectivity index (χ4n) is 2.49. The van der Waals surface area contributed by atoms with Gasteiger partial charge in [-0.15, -0.1) is 0 Å². The van der Waals surface area contributed by atoms with Gasteiger partial charge in [-0.1, -0.05) is 64.3 Å². The molecule has 0 fully saturated rings. The first-order valence-corrected chi connectivity index (χ1v) is 8.08. The summed E-state index contributed by atoms with van der Waals surface area (Å²) >= 11 is 0. The van der Waals surface area contributed by atoms with Crippen LogP contribution in [0.25, 0.3) is 0 Å². The molecular weight excluding hydrogens is 246 g/mol. The van der Waals surface area contributed by atoms with E-state index in [1.807, 2.05) is 6.92 Å². The molecule has 116 valence electrons. The maximum absolute atomic E-state index is 12.1. The van der Waals surface area contributed by atoms with E-state index in [0.717, 1.165) is 49.7 Å². The normalized spacial score (nSPS) is 13.6. The van der Waals surface area contributed by atoms with E-state index < -0.39 is 0 Å². The van der Waals surface area contributed by atoms with Crippen LogP contribution in [0.2, 0.25) is 0 Å². The molecule has 2 atom stereocenters. The van der Waals surface area contributed by atoms with Crippen molar-refractivity contribution >= 4 is 5.91 Å². The largest absolute Gasteiger partial charge is 0.349 e. The molecule has 0 rings (SSSR count). The van der Waals surface area contributed by atoms with Gasteiger partial charge in [0, 0.05) is 12.5 Å². The third-order valence-corrected chi connectivity index (χ3v) is 3.87. The predicted octanol–water partition coefficient (Wildman–Crippen LogP) is 5.01. The molecule has 20 heavy (non-hydrogen) atoms. The summed E-state index contributed by atoms with van der Waals surface area (Å²) in [7, 11) is 0. The lowest BCUT2D eigenvalue weighted by molar-refractivity contribution is -0.121. The molecule has 2 nitrogen and oxygen atoms in total. The highest BCUT2D eigenvalue weighted by molar-refractivity contribution is 5.79. The van der Waals surface area contributed by atoms with Crippen LogP contribution in [-0.2, 0) is 4.79 Å². The molecule has 0 heterocycles. The summed E-state index contributed by atoms with van der Waals surface area (Å²) in [6, 6.07) is 0.113. The number of carbonyl (C=O) groups is 1. The standard InChI is InChI=1S/C18H33NO/c1-7-10-12-17(14(4)5)19-18(20)13-15(6)16(9-3)11-8-2/h16-17H,4,6-13H2,1-3,5H3,(H,19,20).